The van der Waals surface area contributed by atoms with Crippen molar-refractivity contribution in [3.8, 4) is 0 Å². The van der Waals surface area contributed by atoms with Crippen LogP contribution < -0.4 is 5.32 Å². The Kier molecular flexibility index (Phi) is 4.81. The van der Waals surface area contributed by atoms with Crippen LogP contribution in [0.5, 0.6) is 0 Å². The lowest BCUT2D eigenvalue weighted by atomic mass is 9.52. The van der Waals surface area contributed by atoms with Gasteiger partial charge in [0.05, 0.1) is 5.75 Å². The summed E-state index contributed by atoms with van der Waals surface area (Å²) >= 11 is 0. The molecule has 7 aliphatic rings. The van der Waals surface area contributed by atoms with E-state index in [1.807, 2.05) is 0 Å². The molecular formula is C22H32F3NO3S. The molecule has 0 unspecified atom stereocenters. The number of hydrogen-bond acceptors (Lipinski definition) is 3. The molecule has 6 bridgehead atoms. The fraction of sp³-hybridized carbons (Fsp3) is 0.955. The average molecular weight is 448 g/mol. The molecule has 1 amide bonds. The standard InChI is InChI=1S/C22H32F3NO3S/c23-22(24,25)30(28,29)8-7-20-1-4-21(5-2-20,6-3-20)19(27)26-18-16-10-14-9-15(12-16)13-17(18)11-14/h14-18H,1-13H2,(H,26,27). The van der Waals surface area contributed by atoms with Gasteiger partial charge in [0.1, 0.15) is 0 Å². The van der Waals surface area contributed by atoms with Crippen LogP contribution in [0.25, 0.3) is 0 Å². The van der Waals surface area contributed by atoms with Gasteiger partial charge in [-0.3, -0.25) is 4.79 Å². The Morgan fingerprint density at radius 3 is 1.83 bits per heavy atom. The number of carbonyl (C=O) groups is 1. The van der Waals surface area contributed by atoms with E-state index in [0.29, 0.717) is 56.4 Å². The zero-order valence-corrected chi connectivity index (χ0v) is 18.2. The third-order valence-corrected chi connectivity index (χ3v) is 11.1. The minimum absolute atomic E-state index is 0.0576. The Hall–Kier alpha value is -0.790. The third kappa shape index (κ3) is 3.39. The van der Waals surface area contributed by atoms with Crippen molar-refractivity contribution in [3.05, 3.63) is 0 Å². The van der Waals surface area contributed by atoms with E-state index in [1.54, 1.807) is 0 Å². The first-order valence-electron chi connectivity index (χ1n) is 11.6. The van der Waals surface area contributed by atoms with Crippen molar-refractivity contribution in [1.82, 2.24) is 5.32 Å². The molecule has 7 fully saturated rings. The monoisotopic (exact) mass is 447 g/mol. The minimum atomic E-state index is -5.17. The molecule has 8 heteroatoms. The second-order valence-electron chi connectivity index (χ2n) is 11.2. The topological polar surface area (TPSA) is 63.2 Å². The average Bonchev–Trinajstić information content (AvgIpc) is 2.69. The lowest BCUT2D eigenvalue weighted by Gasteiger charge is -2.56. The van der Waals surface area contributed by atoms with Gasteiger partial charge in [0.25, 0.3) is 0 Å². The summed E-state index contributed by atoms with van der Waals surface area (Å²) in [6.07, 6.45) is 10.5. The van der Waals surface area contributed by atoms with E-state index in [-0.39, 0.29) is 23.2 Å². The van der Waals surface area contributed by atoms with Crippen molar-refractivity contribution in [2.45, 2.75) is 88.6 Å². The minimum Gasteiger partial charge on any atom is -0.352 e. The summed E-state index contributed by atoms with van der Waals surface area (Å²) in [5, 5.41) is 3.45. The second kappa shape index (κ2) is 6.85. The number of halogens is 3. The van der Waals surface area contributed by atoms with Gasteiger partial charge in [0.2, 0.25) is 15.7 Å². The number of rotatable bonds is 5. The summed E-state index contributed by atoms with van der Waals surface area (Å²) in [7, 11) is -5.07. The fourth-order valence-corrected chi connectivity index (χ4v) is 8.84. The molecule has 7 saturated carbocycles. The summed E-state index contributed by atoms with van der Waals surface area (Å²) in [6, 6.07) is 0.310. The molecule has 0 spiro atoms. The fourth-order valence-electron chi connectivity index (χ4n) is 7.91. The first kappa shape index (κ1) is 21.1. The number of nitrogens with one attached hydrogen (secondary N) is 1. The number of sulfone groups is 1. The van der Waals surface area contributed by atoms with Crippen molar-refractivity contribution in [2.24, 2.45) is 34.5 Å². The highest BCUT2D eigenvalue weighted by molar-refractivity contribution is 7.92. The lowest BCUT2D eigenvalue weighted by Crippen LogP contribution is -2.59. The molecule has 7 aliphatic carbocycles. The summed E-state index contributed by atoms with van der Waals surface area (Å²) < 4.78 is 61.1. The molecule has 30 heavy (non-hydrogen) atoms. The first-order chi connectivity index (χ1) is 14.0. The van der Waals surface area contributed by atoms with E-state index >= 15 is 0 Å². The smallest absolute Gasteiger partial charge is 0.352 e. The quantitative estimate of drug-likeness (QED) is 0.670. The Labute approximate surface area is 176 Å². The van der Waals surface area contributed by atoms with Crippen molar-refractivity contribution in [2.75, 3.05) is 5.75 Å². The molecule has 7 rings (SSSR count). The Morgan fingerprint density at radius 2 is 1.37 bits per heavy atom. The predicted octanol–water partition coefficient (Wildman–Crippen LogP) is 4.59. The van der Waals surface area contributed by atoms with E-state index < -0.39 is 21.1 Å². The van der Waals surface area contributed by atoms with Gasteiger partial charge in [-0.1, -0.05) is 0 Å². The molecular weight excluding hydrogens is 415 g/mol. The zero-order chi connectivity index (χ0) is 21.4. The lowest BCUT2D eigenvalue weighted by molar-refractivity contribution is -0.144. The molecule has 0 saturated heterocycles. The van der Waals surface area contributed by atoms with Crippen LogP contribution in [-0.2, 0) is 14.6 Å². The summed E-state index contributed by atoms with van der Waals surface area (Å²) in [4.78, 5) is 13.4. The van der Waals surface area contributed by atoms with E-state index in [9.17, 15) is 26.4 Å². The summed E-state index contributed by atoms with van der Waals surface area (Å²) in [5.41, 5.74) is -5.91. The number of amides is 1. The van der Waals surface area contributed by atoms with Crippen LogP contribution in [0.4, 0.5) is 13.2 Å². The van der Waals surface area contributed by atoms with Gasteiger partial charge >= 0.3 is 5.51 Å². The van der Waals surface area contributed by atoms with Gasteiger partial charge in [0, 0.05) is 11.5 Å². The highest BCUT2D eigenvalue weighted by Crippen LogP contribution is 2.59. The van der Waals surface area contributed by atoms with Crippen LogP contribution >= 0.6 is 0 Å². The predicted molar refractivity (Wildman–Crippen MR) is 106 cm³/mol. The Balaban J connectivity index is 1.20. The third-order valence-electron chi connectivity index (χ3n) is 9.66. The van der Waals surface area contributed by atoms with Crippen LogP contribution in [0.15, 0.2) is 0 Å². The molecule has 1 N–H and O–H groups in total. The largest absolute Gasteiger partial charge is 0.497 e. The Bertz CT molecular complexity index is 769. The van der Waals surface area contributed by atoms with Crippen LogP contribution in [0.3, 0.4) is 0 Å². The molecule has 0 aliphatic heterocycles. The first-order valence-corrected chi connectivity index (χ1v) is 13.3. The molecule has 0 aromatic heterocycles. The number of carbonyl (C=O) groups excluding carboxylic acids is 1. The molecule has 4 nitrogen and oxygen atoms in total. The van der Waals surface area contributed by atoms with Crippen molar-refractivity contribution in [3.63, 3.8) is 0 Å². The van der Waals surface area contributed by atoms with Gasteiger partial charge in [-0.2, -0.15) is 13.2 Å². The highest BCUT2D eigenvalue weighted by Gasteiger charge is 2.55. The van der Waals surface area contributed by atoms with Crippen molar-refractivity contribution < 1.29 is 26.4 Å². The number of hydrogen-bond donors (Lipinski definition) is 1. The molecule has 170 valence electrons. The van der Waals surface area contributed by atoms with Crippen LogP contribution in [-0.4, -0.2) is 31.6 Å². The highest BCUT2D eigenvalue weighted by atomic mass is 32.2. The van der Waals surface area contributed by atoms with Crippen molar-refractivity contribution in [1.29, 1.82) is 0 Å². The summed E-state index contributed by atoms with van der Waals surface area (Å²) in [6.45, 7) is 0. The maximum atomic E-state index is 13.4. The van der Waals surface area contributed by atoms with Gasteiger partial charge in [-0.05, 0) is 106 Å². The van der Waals surface area contributed by atoms with E-state index in [4.69, 9.17) is 0 Å². The van der Waals surface area contributed by atoms with Gasteiger partial charge in [0.15, 0.2) is 0 Å². The van der Waals surface area contributed by atoms with E-state index in [0.717, 1.165) is 11.8 Å². The van der Waals surface area contributed by atoms with Gasteiger partial charge in [-0.25, -0.2) is 8.42 Å². The van der Waals surface area contributed by atoms with Gasteiger partial charge in [-0.15, -0.1) is 0 Å². The second-order valence-corrected chi connectivity index (χ2v) is 13.3. The van der Waals surface area contributed by atoms with Crippen LogP contribution in [0, 0.1) is 34.5 Å². The maximum absolute atomic E-state index is 13.4. The summed E-state index contributed by atoms with van der Waals surface area (Å²) in [5.74, 6) is 2.30. The van der Waals surface area contributed by atoms with Crippen LogP contribution in [0.2, 0.25) is 0 Å². The van der Waals surface area contributed by atoms with E-state index in [1.165, 1.54) is 32.1 Å². The van der Waals surface area contributed by atoms with Crippen LogP contribution in [0.1, 0.15) is 77.0 Å². The SMILES string of the molecule is O=C(NC1C2CC3CC(C2)CC1C3)C12CCC(CCS(=O)(=O)C(F)(F)F)(CC1)CC2. The molecule has 0 heterocycles. The molecule has 0 aromatic carbocycles. The molecule has 0 atom stereocenters. The van der Waals surface area contributed by atoms with E-state index in [2.05, 4.69) is 5.32 Å². The Morgan fingerprint density at radius 1 is 0.867 bits per heavy atom. The van der Waals surface area contributed by atoms with Gasteiger partial charge < -0.3 is 5.32 Å². The number of alkyl halides is 3. The van der Waals surface area contributed by atoms with Crippen molar-refractivity contribution >= 4 is 15.7 Å². The maximum Gasteiger partial charge on any atom is 0.497 e. The molecule has 0 radical (unpaired) electrons. The normalized spacial score (nSPS) is 45.0. The molecule has 0 aromatic rings. The zero-order valence-electron chi connectivity index (χ0n) is 17.3. The number of fused-ring (bicyclic) bond motifs is 3.